The first kappa shape index (κ1) is 17.3. The molecule has 2 rings (SSSR count). The number of likely N-dealkylation sites (N-methyl/N-ethyl adjacent to an activating group) is 1. The molecule has 0 bridgehead atoms. The number of likely N-dealkylation sites (tertiary alicyclic amines) is 1. The van der Waals surface area contributed by atoms with Gasteiger partial charge in [-0.1, -0.05) is 37.6 Å². The van der Waals surface area contributed by atoms with E-state index in [0.29, 0.717) is 17.4 Å². The molecule has 1 saturated heterocycles. The second-order valence-electron chi connectivity index (χ2n) is 6.63. The van der Waals surface area contributed by atoms with Gasteiger partial charge < -0.3 is 9.80 Å². The van der Waals surface area contributed by atoms with Crippen LogP contribution in [0.3, 0.4) is 0 Å². The Morgan fingerprint density at radius 2 is 1.82 bits per heavy atom. The van der Waals surface area contributed by atoms with Gasteiger partial charge in [0.2, 0.25) is 5.91 Å². The van der Waals surface area contributed by atoms with Crippen LogP contribution in [0.5, 0.6) is 0 Å². The zero-order chi connectivity index (χ0) is 16.1. The minimum atomic E-state index is 0.181. The summed E-state index contributed by atoms with van der Waals surface area (Å²) < 4.78 is 0. The molecule has 1 atom stereocenters. The average Bonchev–Trinajstić information content (AvgIpc) is 2.99. The van der Waals surface area contributed by atoms with Crippen molar-refractivity contribution in [3.63, 3.8) is 0 Å². The number of nitrogens with zero attached hydrogens (tertiary/aromatic N) is 2. The van der Waals surface area contributed by atoms with Gasteiger partial charge in [0.25, 0.3) is 0 Å². The van der Waals surface area contributed by atoms with Gasteiger partial charge in [0.05, 0.1) is 6.42 Å². The summed E-state index contributed by atoms with van der Waals surface area (Å²) in [6.07, 6.45) is 3.01. The monoisotopic (exact) mass is 322 g/mol. The molecule has 0 saturated carbocycles. The number of amides is 1. The number of rotatable bonds is 6. The normalized spacial score (nSPS) is 17.0. The van der Waals surface area contributed by atoms with Gasteiger partial charge in [-0.3, -0.25) is 4.79 Å². The lowest BCUT2D eigenvalue weighted by Crippen LogP contribution is -2.47. The summed E-state index contributed by atoms with van der Waals surface area (Å²) in [7, 11) is 1.94. The lowest BCUT2D eigenvalue weighted by Gasteiger charge is -2.34. The number of benzene rings is 1. The molecule has 0 radical (unpaired) electrons. The largest absolute Gasteiger partial charge is 0.341 e. The van der Waals surface area contributed by atoms with E-state index in [0.717, 1.165) is 12.1 Å². The lowest BCUT2D eigenvalue weighted by molar-refractivity contribution is -0.132. The maximum atomic E-state index is 12.6. The van der Waals surface area contributed by atoms with E-state index in [2.05, 4.69) is 18.7 Å². The van der Waals surface area contributed by atoms with Crippen LogP contribution >= 0.6 is 11.6 Å². The standard InChI is InChI=1S/C18H27ClN2O/c1-14(2)17(13-21-10-4-5-11-21)20(3)18(22)12-15-6-8-16(19)9-7-15/h6-9,14,17H,4-5,10-13H2,1-3H3/t17-/m1/s1. The minimum absolute atomic E-state index is 0.181. The molecule has 0 aromatic heterocycles. The van der Waals surface area contributed by atoms with Crippen LogP contribution in [-0.2, 0) is 11.2 Å². The van der Waals surface area contributed by atoms with Crippen LogP contribution in [0.25, 0.3) is 0 Å². The SMILES string of the molecule is CC(C)[C@@H](CN1CCCC1)N(C)C(=O)Cc1ccc(Cl)cc1. The van der Waals surface area contributed by atoms with E-state index in [4.69, 9.17) is 11.6 Å². The molecule has 0 spiro atoms. The third-order valence-corrected chi connectivity index (χ3v) is 4.82. The van der Waals surface area contributed by atoms with Crippen molar-refractivity contribution in [1.29, 1.82) is 0 Å². The number of hydrogen-bond acceptors (Lipinski definition) is 2. The first-order valence-corrected chi connectivity index (χ1v) is 8.57. The van der Waals surface area contributed by atoms with Crippen LogP contribution < -0.4 is 0 Å². The Morgan fingerprint density at radius 3 is 2.36 bits per heavy atom. The molecule has 1 aromatic rings. The third-order valence-electron chi connectivity index (χ3n) is 4.57. The first-order chi connectivity index (χ1) is 10.5. The quantitative estimate of drug-likeness (QED) is 0.800. The maximum Gasteiger partial charge on any atom is 0.227 e. The summed E-state index contributed by atoms with van der Waals surface area (Å²) in [5.41, 5.74) is 1.02. The highest BCUT2D eigenvalue weighted by molar-refractivity contribution is 6.30. The highest BCUT2D eigenvalue weighted by Gasteiger charge is 2.26. The second kappa shape index (κ2) is 7.98. The van der Waals surface area contributed by atoms with Gasteiger partial charge in [-0.15, -0.1) is 0 Å². The van der Waals surface area contributed by atoms with Crippen LogP contribution in [0.15, 0.2) is 24.3 Å². The molecule has 0 N–H and O–H groups in total. The Hall–Kier alpha value is -1.06. The first-order valence-electron chi connectivity index (χ1n) is 8.20. The van der Waals surface area contributed by atoms with Crippen molar-refractivity contribution in [1.82, 2.24) is 9.80 Å². The maximum absolute atomic E-state index is 12.6. The van der Waals surface area contributed by atoms with Crippen LogP contribution in [0, 0.1) is 5.92 Å². The molecule has 1 heterocycles. The van der Waals surface area contributed by atoms with Gasteiger partial charge in [0, 0.05) is 24.7 Å². The van der Waals surface area contributed by atoms with Crippen molar-refractivity contribution in [3.05, 3.63) is 34.9 Å². The highest BCUT2D eigenvalue weighted by Crippen LogP contribution is 2.17. The molecular weight excluding hydrogens is 296 g/mol. The second-order valence-corrected chi connectivity index (χ2v) is 7.06. The minimum Gasteiger partial charge on any atom is -0.341 e. The predicted molar refractivity (Wildman–Crippen MR) is 92.2 cm³/mol. The summed E-state index contributed by atoms with van der Waals surface area (Å²) in [6.45, 7) is 7.73. The fourth-order valence-corrected chi connectivity index (χ4v) is 3.22. The Balaban J connectivity index is 1.97. The lowest BCUT2D eigenvalue weighted by atomic mass is 10.0. The zero-order valence-electron chi connectivity index (χ0n) is 13.9. The molecule has 0 unspecified atom stereocenters. The Kier molecular flexibility index (Phi) is 6.27. The van der Waals surface area contributed by atoms with Crippen LogP contribution in [0.4, 0.5) is 0 Å². The fourth-order valence-electron chi connectivity index (χ4n) is 3.10. The Labute approximate surface area is 139 Å². The van der Waals surface area contributed by atoms with Crippen molar-refractivity contribution in [2.45, 2.75) is 39.2 Å². The zero-order valence-corrected chi connectivity index (χ0v) is 14.6. The van der Waals surface area contributed by atoms with Crippen molar-refractivity contribution < 1.29 is 4.79 Å². The van der Waals surface area contributed by atoms with Gasteiger partial charge >= 0.3 is 0 Å². The van der Waals surface area contributed by atoms with Gasteiger partial charge in [0.1, 0.15) is 0 Å². The van der Waals surface area contributed by atoms with E-state index >= 15 is 0 Å². The fraction of sp³-hybridized carbons (Fsp3) is 0.611. The van der Waals surface area contributed by atoms with Crippen LogP contribution in [0.2, 0.25) is 5.02 Å². The number of carbonyl (C=O) groups excluding carboxylic acids is 1. The topological polar surface area (TPSA) is 23.6 Å². The third kappa shape index (κ3) is 4.72. The van der Waals surface area contributed by atoms with Gasteiger partial charge in [-0.25, -0.2) is 0 Å². The molecule has 3 nitrogen and oxygen atoms in total. The number of carbonyl (C=O) groups is 1. The van der Waals surface area contributed by atoms with E-state index in [-0.39, 0.29) is 11.9 Å². The molecule has 122 valence electrons. The number of hydrogen-bond donors (Lipinski definition) is 0. The summed E-state index contributed by atoms with van der Waals surface area (Å²) in [5.74, 6) is 0.639. The van der Waals surface area contributed by atoms with Crippen LogP contribution in [0.1, 0.15) is 32.3 Å². The summed E-state index contributed by atoms with van der Waals surface area (Å²) in [5, 5.41) is 0.707. The van der Waals surface area contributed by atoms with Crippen molar-refractivity contribution >= 4 is 17.5 Å². The van der Waals surface area contributed by atoms with E-state index in [1.54, 1.807) is 0 Å². The molecule has 1 fully saturated rings. The molecule has 22 heavy (non-hydrogen) atoms. The molecule has 4 heteroatoms. The molecule has 0 aliphatic carbocycles. The molecule has 1 amide bonds. The average molecular weight is 323 g/mol. The Bertz CT molecular complexity index is 480. The summed E-state index contributed by atoms with van der Waals surface area (Å²) in [6, 6.07) is 7.82. The Morgan fingerprint density at radius 1 is 1.23 bits per heavy atom. The predicted octanol–water partition coefficient (Wildman–Crippen LogP) is 3.46. The van der Waals surface area contributed by atoms with Crippen molar-refractivity contribution in [2.75, 3.05) is 26.7 Å². The van der Waals surface area contributed by atoms with E-state index in [1.807, 2.05) is 36.2 Å². The van der Waals surface area contributed by atoms with E-state index in [9.17, 15) is 4.79 Å². The number of halogens is 1. The molecular formula is C18H27ClN2O. The van der Waals surface area contributed by atoms with Gasteiger partial charge in [-0.05, 0) is 49.5 Å². The van der Waals surface area contributed by atoms with E-state index in [1.165, 1.54) is 25.9 Å². The molecule has 1 aliphatic heterocycles. The molecule has 1 aromatic carbocycles. The van der Waals surface area contributed by atoms with Crippen molar-refractivity contribution in [3.8, 4) is 0 Å². The highest BCUT2D eigenvalue weighted by atomic mass is 35.5. The van der Waals surface area contributed by atoms with E-state index < -0.39 is 0 Å². The van der Waals surface area contributed by atoms with Crippen molar-refractivity contribution in [2.24, 2.45) is 5.92 Å². The van der Waals surface area contributed by atoms with Gasteiger partial charge in [0.15, 0.2) is 0 Å². The van der Waals surface area contributed by atoms with Crippen LogP contribution in [-0.4, -0.2) is 48.4 Å². The summed E-state index contributed by atoms with van der Waals surface area (Å²) >= 11 is 5.90. The smallest absolute Gasteiger partial charge is 0.227 e. The summed E-state index contributed by atoms with van der Waals surface area (Å²) in [4.78, 5) is 17.0. The van der Waals surface area contributed by atoms with Gasteiger partial charge in [-0.2, -0.15) is 0 Å². The molecule has 1 aliphatic rings.